The van der Waals surface area contributed by atoms with E-state index >= 15 is 0 Å². The molecule has 0 radical (unpaired) electrons. The van der Waals surface area contributed by atoms with Crippen LogP contribution in [-0.2, 0) is 7.05 Å². The molecule has 0 aliphatic carbocycles. The zero-order chi connectivity index (χ0) is 19.5. The van der Waals surface area contributed by atoms with Crippen LogP contribution in [-0.4, -0.2) is 27.6 Å². The molecule has 0 fully saturated rings. The zero-order valence-electron chi connectivity index (χ0n) is 15.7. The maximum atomic E-state index is 13.0. The van der Waals surface area contributed by atoms with Gasteiger partial charge in [0.1, 0.15) is 23.3 Å². The molecular weight excluding hydrogens is 352 g/mol. The van der Waals surface area contributed by atoms with Crippen LogP contribution >= 0.6 is 0 Å². The van der Waals surface area contributed by atoms with Crippen molar-refractivity contribution in [2.75, 3.05) is 7.11 Å². The molecule has 2 aromatic carbocycles. The van der Waals surface area contributed by atoms with Gasteiger partial charge in [0.05, 0.1) is 12.6 Å². The van der Waals surface area contributed by atoms with Crippen LogP contribution in [0.1, 0.15) is 27.9 Å². The molecule has 28 heavy (non-hydrogen) atoms. The number of carbonyl (C=O) groups excluding carboxylic acids is 1. The quantitative estimate of drug-likeness (QED) is 0.582. The van der Waals surface area contributed by atoms with Crippen molar-refractivity contribution in [2.24, 2.45) is 7.05 Å². The summed E-state index contributed by atoms with van der Waals surface area (Å²) in [7, 11) is 3.51. The van der Waals surface area contributed by atoms with E-state index in [9.17, 15) is 4.79 Å². The summed E-state index contributed by atoms with van der Waals surface area (Å²) < 4.78 is 7.39. The third-order valence-electron chi connectivity index (χ3n) is 4.67. The van der Waals surface area contributed by atoms with Gasteiger partial charge in [-0.2, -0.15) is 0 Å². The van der Waals surface area contributed by atoms with E-state index in [1.165, 1.54) is 0 Å². The predicted molar refractivity (Wildman–Crippen MR) is 107 cm³/mol. The second-order valence-electron chi connectivity index (χ2n) is 6.43. The monoisotopic (exact) mass is 372 g/mol. The molecule has 2 heterocycles. The number of carbonyl (C=O) groups is 1. The first-order chi connectivity index (χ1) is 13.7. The third-order valence-corrected chi connectivity index (χ3v) is 4.67. The number of nitrogens with one attached hydrogen (secondary N) is 1. The van der Waals surface area contributed by atoms with Gasteiger partial charge in [-0.05, 0) is 18.2 Å². The van der Waals surface area contributed by atoms with Gasteiger partial charge in [0, 0.05) is 30.4 Å². The van der Waals surface area contributed by atoms with Crippen molar-refractivity contribution in [3.8, 4) is 5.75 Å². The molecule has 6 heteroatoms. The van der Waals surface area contributed by atoms with Gasteiger partial charge in [0.15, 0.2) is 0 Å². The molecule has 1 amide bonds. The maximum absolute atomic E-state index is 13.0. The maximum Gasteiger partial charge on any atom is 0.270 e. The van der Waals surface area contributed by atoms with Crippen LogP contribution in [0, 0.1) is 0 Å². The zero-order valence-corrected chi connectivity index (χ0v) is 15.7. The van der Waals surface area contributed by atoms with E-state index in [0.29, 0.717) is 17.3 Å². The summed E-state index contributed by atoms with van der Waals surface area (Å²) >= 11 is 0. The first-order valence-electron chi connectivity index (χ1n) is 8.94. The van der Waals surface area contributed by atoms with E-state index in [4.69, 9.17) is 4.74 Å². The van der Waals surface area contributed by atoms with Gasteiger partial charge in [-0.15, -0.1) is 0 Å². The summed E-state index contributed by atoms with van der Waals surface area (Å²) in [5, 5.41) is 4.06. The van der Waals surface area contributed by atoms with Crippen molar-refractivity contribution < 1.29 is 9.53 Å². The summed E-state index contributed by atoms with van der Waals surface area (Å²) in [6.07, 6.45) is 3.55. The van der Waals surface area contributed by atoms with Crippen molar-refractivity contribution in [3.05, 3.63) is 90.1 Å². The lowest BCUT2D eigenvalue weighted by atomic mass is 10.0. The Morgan fingerprint density at radius 1 is 1.07 bits per heavy atom. The highest BCUT2D eigenvalue weighted by atomic mass is 16.5. The van der Waals surface area contributed by atoms with Crippen molar-refractivity contribution in [1.29, 1.82) is 0 Å². The molecule has 1 unspecified atom stereocenters. The largest absolute Gasteiger partial charge is 0.496 e. The van der Waals surface area contributed by atoms with Crippen LogP contribution in [0.15, 0.2) is 73.1 Å². The number of amides is 1. The fourth-order valence-electron chi connectivity index (χ4n) is 3.24. The highest BCUT2D eigenvalue weighted by Gasteiger charge is 2.24. The van der Waals surface area contributed by atoms with Crippen LogP contribution in [0.2, 0.25) is 0 Å². The first kappa shape index (κ1) is 17.7. The highest BCUT2D eigenvalue weighted by molar-refractivity contribution is 5.95. The Morgan fingerprint density at radius 2 is 1.86 bits per heavy atom. The number of para-hydroxylation sites is 2. The molecule has 2 aromatic heterocycles. The lowest BCUT2D eigenvalue weighted by molar-refractivity contribution is 0.0936. The van der Waals surface area contributed by atoms with E-state index in [0.717, 1.165) is 16.5 Å². The molecule has 1 atom stereocenters. The number of aryl methyl sites for hydroxylation is 1. The van der Waals surface area contributed by atoms with E-state index in [1.54, 1.807) is 19.4 Å². The first-order valence-corrected chi connectivity index (χ1v) is 8.94. The minimum atomic E-state index is -0.475. The van der Waals surface area contributed by atoms with Gasteiger partial charge in [-0.25, -0.2) is 9.97 Å². The number of benzene rings is 2. The van der Waals surface area contributed by atoms with Crippen LogP contribution < -0.4 is 10.1 Å². The van der Waals surface area contributed by atoms with Gasteiger partial charge < -0.3 is 14.6 Å². The Balaban J connectivity index is 1.72. The Labute approximate surface area is 162 Å². The second-order valence-corrected chi connectivity index (χ2v) is 6.43. The fourth-order valence-corrected chi connectivity index (χ4v) is 3.24. The van der Waals surface area contributed by atoms with Gasteiger partial charge in [0.25, 0.3) is 5.91 Å². The molecule has 0 spiro atoms. The van der Waals surface area contributed by atoms with Crippen molar-refractivity contribution in [2.45, 2.75) is 6.04 Å². The highest BCUT2D eigenvalue weighted by Crippen LogP contribution is 2.29. The molecule has 4 rings (SSSR count). The number of ether oxygens (including phenoxy) is 1. The van der Waals surface area contributed by atoms with Crippen molar-refractivity contribution in [1.82, 2.24) is 19.9 Å². The average molecular weight is 372 g/mol. The Kier molecular flexibility index (Phi) is 4.76. The molecule has 6 nitrogen and oxygen atoms in total. The molecule has 1 N–H and O–H groups in total. The number of methoxy groups -OCH3 is 1. The van der Waals surface area contributed by atoms with E-state index in [1.807, 2.05) is 72.4 Å². The summed E-state index contributed by atoms with van der Waals surface area (Å²) in [5.41, 5.74) is 1.96. The van der Waals surface area contributed by atoms with Crippen LogP contribution in [0.5, 0.6) is 5.75 Å². The topological polar surface area (TPSA) is 69.0 Å². The summed E-state index contributed by atoms with van der Waals surface area (Å²) in [4.78, 5) is 22.0. The summed E-state index contributed by atoms with van der Waals surface area (Å²) in [5.74, 6) is 1.12. The fraction of sp³-hybridized carbons (Fsp3) is 0.136. The number of imidazole rings is 1. The van der Waals surface area contributed by atoms with E-state index in [2.05, 4.69) is 15.3 Å². The molecular formula is C22H20N4O2. The number of rotatable bonds is 5. The summed E-state index contributed by atoms with van der Waals surface area (Å²) in [6, 6.07) is 18.5. The number of aromatic nitrogens is 3. The van der Waals surface area contributed by atoms with Crippen LogP contribution in [0.3, 0.4) is 0 Å². The molecule has 0 saturated heterocycles. The Hall–Kier alpha value is -3.67. The van der Waals surface area contributed by atoms with Gasteiger partial charge in [-0.1, -0.05) is 42.5 Å². The Morgan fingerprint density at radius 3 is 2.64 bits per heavy atom. The standard InChI is InChI=1S/C22H20N4O2/c1-26-14-13-23-21(26)20(16-8-4-6-10-19(16)28-2)25-22(27)18-12-11-15-7-3-5-9-17(15)24-18/h3-14,20H,1-2H3,(H,25,27). The molecule has 140 valence electrons. The minimum absolute atomic E-state index is 0.273. The van der Waals surface area contributed by atoms with Gasteiger partial charge >= 0.3 is 0 Å². The van der Waals surface area contributed by atoms with E-state index in [-0.39, 0.29) is 5.91 Å². The van der Waals surface area contributed by atoms with Gasteiger partial charge in [-0.3, -0.25) is 4.79 Å². The Bertz CT molecular complexity index is 1140. The second kappa shape index (κ2) is 7.52. The minimum Gasteiger partial charge on any atom is -0.496 e. The SMILES string of the molecule is COc1ccccc1C(NC(=O)c1ccc2ccccc2n1)c1nccn1C. The third kappa shape index (κ3) is 3.32. The molecule has 0 aliphatic rings. The molecule has 0 saturated carbocycles. The van der Waals surface area contributed by atoms with Crippen LogP contribution in [0.4, 0.5) is 0 Å². The van der Waals surface area contributed by atoms with Crippen molar-refractivity contribution >= 4 is 16.8 Å². The number of pyridine rings is 1. The van der Waals surface area contributed by atoms with Crippen molar-refractivity contribution in [3.63, 3.8) is 0 Å². The molecule has 4 aromatic rings. The normalized spacial score (nSPS) is 11.9. The lowest BCUT2D eigenvalue weighted by Gasteiger charge is -2.21. The molecule has 0 aliphatic heterocycles. The van der Waals surface area contributed by atoms with E-state index < -0.39 is 6.04 Å². The van der Waals surface area contributed by atoms with Gasteiger partial charge in [0.2, 0.25) is 0 Å². The number of fused-ring (bicyclic) bond motifs is 1. The lowest BCUT2D eigenvalue weighted by Crippen LogP contribution is -2.32. The van der Waals surface area contributed by atoms with Crippen LogP contribution in [0.25, 0.3) is 10.9 Å². The predicted octanol–water partition coefficient (Wildman–Crippen LogP) is 3.50. The summed E-state index contributed by atoms with van der Waals surface area (Å²) in [6.45, 7) is 0. The molecule has 0 bridgehead atoms. The average Bonchev–Trinajstić information content (AvgIpc) is 3.17. The number of nitrogens with zero attached hydrogens (tertiary/aromatic N) is 3. The smallest absolute Gasteiger partial charge is 0.270 e. The number of hydrogen-bond acceptors (Lipinski definition) is 4. The number of hydrogen-bond donors (Lipinski definition) is 1.